The van der Waals surface area contributed by atoms with Crippen molar-refractivity contribution in [3.05, 3.63) is 28.3 Å². The van der Waals surface area contributed by atoms with Crippen LogP contribution in [0.15, 0.2) is 12.1 Å². The van der Waals surface area contributed by atoms with E-state index >= 15 is 0 Å². The first kappa shape index (κ1) is 13.3. The Morgan fingerprint density at radius 3 is 2.69 bits per heavy atom. The summed E-state index contributed by atoms with van der Waals surface area (Å²) in [6.07, 6.45) is 2.88. The molecule has 2 nitrogen and oxygen atoms in total. The minimum absolute atomic E-state index is 0.254. The second-order valence-electron chi connectivity index (χ2n) is 4.12. The van der Waals surface area contributed by atoms with E-state index in [1.165, 1.54) is 0 Å². The highest BCUT2D eigenvalue weighted by atomic mass is 35.5. The largest absolute Gasteiger partial charge is 0.496 e. The molecule has 0 saturated heterocycles. The van der Waals surface area contributed by atoms with Crippen LogP contribution in [0, 0.1) is 6.92 Å². The second kappa shape index (κ2) is 6.12. The molecule has 1 unspecified atom stereocenters. The third kappa shape index (κ3) is 3.39. The second-order valence-corrected chi connectivity index (χ2v) is 4.56. The molecule has 2 N–H and O–H groups in total. The Kier molecular flexibility index (Phi) is 5.10. The molecule has 3 heteroatoms. The molecule has 0 aliphatic rings. The SMILES string of the molecule is CCC(N)CCc1cc(Cl)cc(C)c1OC. The molecular formula is C13H20ClNO. The minimum Gasteiger partial charge on any atom is -0.496 e. The summed E-state index contributed by atoms with van der Waals surface area (Å²) in [5, 5.41) is 0.762. The maximum atomic E-state index is 6.04. The van der Waals surface area contributed by atoms with Gasteiger partial charge >= 0.3 is 0 Å². The van der Waals surface area contributed by atoms with Crippen molar-refractivity contribution in [3.8, 4) is 5.75 Å². The van der Waals surface area contributed by atoms with Crippen LogP contribution < -0.4 is 10.5 Å². The first-order valence-electron chi connectivity index (χ1n) is 5.67. The van der Waals surface area contributed by atoms with E-state index in [1.54, 1.807) is 7.11 Å². The van der Waals surface area contributed by atoms with Gasteiger partial charge in [-0.2, -0.15) is 0 Å². The van der Waals surface area contributed by atoms with E-state index in [-0.39, 0.29) is 6.04 Å². The fourth-order valence-corrected chi connectivity index (χ4v) is 2.12. The third-order valence-corrected chi connectivity index (χ3v) is 3.05. The van der Waals surface area contributed by atoms with Crippen LogP contribution in [0.2, 0.25) is 5.02 Å². The Balaban J connectivity index is 2.85. The smallest absolute Gasteiger partial charge is 0.125 e. The Bertz CT molecular complexity index is 352. The number of rotatable bonds is 5. The van der Waals surface area contributed by atoms with Gasteiger partial charge in [-0.3, -0.25) is 0 Å². The van der Waals surface area contributed by atoms with Gasteiger partial charge in [0.1, 0.15) is 5.75 Å². The van der Waals surface area contributed by atoms with E-state index in [9.17, 15) is 0 Å². The normalized spacial score (nSPS) is 12.6. The monoisotopic (exact) mass is 241 g/mol. The summed E-state index contributed by atoms with van der Waals surface area (Å²) in [6.45, 7) is 4.11. The summed E-state index contributed by atoms with van der Waals surface area (Å²) in [5.41, 5.74) is 8.14. The number of hydrogen-bond acceptors (Lipinski definition) is 2. The Hall–Kier alpha value is -0.730. The molecule has 0 fully saturated rings. The molecule has 0 spiro atoms. The Labute approximate surface area is 103 Å². The first-order chi connectivity index (χ1) is 7.58. The molecule has 0 aromatic heterocycles. The van der Waals surface area contributed by atoms with E-state index in [0.29, 0.717) is 0 Å². The van der Waals surface area contributed by atoms with Gasteiger partial charge in [-0.1, -0.05) is 18.5 Å². The summed E-state index contributed by atoms with van der Waals surface area (Å²) in [7, 11) is 1.69. The summed E-state index contributed by atoms with van der Waals surface area (Å²) in [5.74, 6) is 0.938. The summed E-state index contributed by atoms with van der Waals surface area (Å²) < 4.78 is 5.40. The van der Waals surface area contributed by atoms with Crippen molar-refractivity contribution < 1.29 is 4.74 Å². The molecule has 0 saturated carbocycles. The van der Waals surface area contributed by atoms with Crippen molar-refractivity contribution >= 4 is 11.6 Å². The summed E-state index contributed by atoms with van der Waals surface area (Å²) in [6, 6.07) is 4.14. The zero-order valence-electron chi connectivity index (χ0n) is 10.2. The third-order valence-electron chi connectivity index (χ3n) is 2.83. The van der Waals surface area contributed by atoms with E-state index < -0.39 is 0 Å². The number of aryl methyl sites for hydroxylation is 2. The van der Waals surface area contributed by atoms with E-state index in [1.807, 2.05) is 19.1 Å². The maximum Gasteiger partial charge on any atom is 0.125 e. The zero-order chi connectivity index (χ0) is 12.1. The van der Waals surface area contributed by atoms with Crippen molar-refractivity contribution in [3.63, 3.8) is 0 Å². The van der Waals surface area contributed by atoms with Crippen LogP contribution in [0.4, 0.5) is 0 Å². The van der Waals surface area contributed by atoms with Gasteiger partial charge in [-0.05, 0) is 49.4 Å². The van der Waals surface area contributed by atoms with E-state index in [0.717, 1.165) is 41.2 Å². The van der Waals surface area contributed by atoms with Crippen LogP contribution in [0.3, 0.4) is 0 Å². The highest BCUT2D eigenvalue weighted by Crippen LogP contribution is 2.28. The van der Waals surface area contributed by atoms with Gasteiger partial charge in [0.15, 0.2) is 0 Å². The van der Waals surface area contributed by atoms with Crippen molar-refractivity contribution in [1.29, 1.82) is 0 Å². The minimum atomic E-state index is 0.254. The molecule has 1 rings (SSSR count). The average molecular weight is 242 g/mol. The molecule has 1 aromatic carbocycles. The number of hydrogen-bond donors (Lipinski definition) is 1. The lowest BCUT2D eigenvalue weighted by Crippen LogP contribution is -2.19. The lowest BCUT2D eigenvalue weighted by atomic mass is 10.0. The predicted octanol–water partition coefficient (Wildman–Crippen LogP) is 3.33. The molecule has 0 heterocycles. The van der Waals surface area contributed by atoms with Crippen LogP contribution in [0.25, 0.3) is 0 Å². The van der Waals surface area contributed by atoms with Crippen LogP contribution in [0.1, 0.15) is 30.9 Å². The fraction of sp³-hybridized carbons (Fsp3) is 0.538. The molecule has 0 amide bonds. The molecule has 16 heavy (non-hydrogen) atoms. The molecule has 0 radical (unpaired) electrons. The van der Waals surface area contributed by atoms with Crippen molar-refractivity contribution in [1.82, 2.24) is 0 Å². The maximum absolute atomic E-state index is 6.04. The number of halogens is 1. The van der Waals surface area contributed by atoms with E-state index in [2.05, 4.69) is 6.92 Å². The van der Waals surface area contributed by atoms with Gasteiger partial charge < -0.3 is 10.5 Å². The molecule has 0 bridgehead atoms. The number of ether oxygens (including phenoxy) is 1. The predicted molar refractivity (Wildman–Crippen MR) is 69.3 cm³/mol. The van der Waals surface area contributed by atoms with Crippen molar-refractivity contribution in [2.45, 2.75) is 39.2 Å². The van der Waals surface area contributed by atoms with Crippen LogP contribution in [0.5, 0.6) is 5.75 Å². The zero-order valence-corrected chi connectivity index (χ0v) is 11.0. The highest BCUT2D eigenvalue weighted by Gasteiger charge is 2.09. The van der Waals surface area contributed by atoms with Gasteiger partial charge in [0.25, 0.3) is 0 Å². The van der Waals surface area contributed by atoms with Crippen molar-refractivity contribution in [2.75, 3.05) is 7.11 Å². The standard InChI is InChI=1S/C13H20ClNO/c1-4-12(15)6-5-10-8-11(14)7-9(2)13(10)16-3/h7-8,12H,4-6,15H2,1-3H3. The summed E-state index contributed by atoms with van der Waals surface area (Å²) in [4.78, 5) is 0. The lowest BCUT2D eigenvalue weighted by Gasteiger charge is -2.14. The Morgan fingerprint density at radius 2 is 2.12 bits per heavy atom. The van der Waals surface area contributed by atoms with Gasteiger partial charge in [-0.25, -0.2) is 0 Å². The average Bonchev–Trinajstić information content (AvgIpc) is 2.25. The first-order valence-corrected chi connectivity index (χ1v) is 6.04. The van der Waals surface area contributed by atoms with Gasteiger partial charge in [0, 0.05) is 11.1 Å². The van der Waals surface area contributed by atoms with Crippen LogP contribution in [-0.2, 0) is 6.42 Å². The lowest BCUT2D eigenvalue weighted by molar-refractivity contribution is 0.405. The van der Waals surface area contributed by atoms with Crippen LogP contribution in [-0.4, -0.2) is 13.2 Å². The topological polar surface area (TPSA) is 35.2 Å². The molecule has 0 aliphatic heterocycles. The van der Waals surface area contributed by atoms with Gasteiger partial charge in [-0.15, -0.1) is 0 Å². The molecule has 1 aromatic rings. The van der Waals surface area contributed by atoms with Gasteiger partial charge in [0.2, 0.25) is 0 Å². The molecule has 1 atom stereocenters. The highest BCUT2D eigenvalue weighted by molar-refractivity contribution is 6.30. The number of nitrogens with two attached hydrogens (primary N) is 1. The number of methoxy groups -OCH3 is 1. The molecule has 0 aliphatic carbocycles. The van der Waals surface area contributed by atoms with Crippen molar-refractivity contribution in [2.24, 2.45) is 5.73 Å². The quantitative estimate of drug-likeness (QED) is 0.858. The summed E-state index contributed by atoms with van der Waals surface area (Å²) >= 11 is 6.04. The Morgan fingerprint density at radius 1 is 1.44 bits per heavy atom. The van der Waals surface area contributed by atoms with Crippen LogP contribution >= 0.6 is 11.6 Å². The van der Waals surface area contributed by atoms with Gasteiger partial charge in [0.05, 0.1) is 7.11 Å². The molecular weight excluding hydrogens is 222 g/mol. The number of benzene rings is 1. The molecule has 90 valence electrons. The van der Waals surface area contributed by atoms with E-state index in [4.69, 9.17) is 22.1 Å². The fourth-order valence-electron chi connectivity index (χ4n) is 1.82.